The Labute approximate surface area is 167 Å². The van der Waals surface area contributed by atoms with Crippen molar-refractivity contribution in [3.05, 3.63) is 71.0 Å². The highest BCUT2D eigenvalue weighted by Crippen LogP contribution is 2.22. The Balaban J connectivity index is 1.52. The summed E-state index contributed by atoms with van der Waals surface area (Å²) in [6, 6.07) is 16.3. The lowest BCUT2D eigenvalue weighted by Gasteiger charge is -2.05. The standard InChI is InChI=1S/C19H11N9O2/c20-9-12(18-23-25-26-24-18)10-21-13-6-5-11-7-16(19(29)30-17(11)8-13)28-15-4-2-1-3-14(15)22-27-28/h1-8,10,21H,(H,23,24,25,26). The molecule has 0 aliphatic rings. The van der Waals surface area contributed by atoms with Crippen molar-refractivity contribution in [1.29, 1.82) is 5.26 Å². The van der Waals surface area contributed by atoms with Crippen LogP contribution in [-0.4, -0.2) is 35.6 Å². The van der Waals surface area contributed by atoms with E-state index in [-0.39, 0.29) is 17.1 Å². The molecule has 0 aliphatic heterocycles. The lowest BCUT2D eigenvalue weighted by atomic mass is 10.2. The maximum Gasteiger partial charge on any atom is 0.362 e. The summed E-state index contributed by atoms with van der Waals surface area (Å²) in [6.07, 6.45) is 1.44. The minimum absolute atomic E-state index is 0.169. The number of para-hydroxylation sites is 1. The molecule has 2 N–H and O–H groups in total. The van der Waals surface area contributed by atoms with E-state index in [1.807, 2.05) is 30.3 Å². The van der Waals surface area contributed by atoms with Gasteiger partial charge in [-0.15, -0.1) is 15.3 Å². The number of hydrogen-bond acceptors (Lipinski definition) is 9. The molecule has 144 valence electrons. The predicted octanol–water partition coefficient (Wildman–Crippen LogP) is 2.02. The van der Waals surface area contributed by atoms with Crippen LogP contribution in [0, 0.1) is 11.3 Å². The van der Waals surface area contributed by atoms with Crippen molar-refractivity contribution >= 4 is 33.3 Å². The minimum Gasteiger partial charge on any atom is -0.421 e. The molecule has 2 aromatic carbocycles. The van der Waals surface area contributed by atoms with E-state index >= 15 is 0 Å². The maximum absolute atomic E-state index is 12.6. The van der Waals surface area contributed by atoms with Gasteiger partial charge in [-0.25, -0.2) is 9.48 Å². The molecule has 30 heavy (non-hydrogen) atoms. The first-order chi connectivity index (χ1) is 14.7. The van der Waals surface area contributed by atoms with Crippen molar-refractivity contribution in [2.24, 2.45) is 0 Å². The highest BCUT2D eigenvalue weighted by atomic mass is 16.4. The van der Waals surface area contributed by atoms with E-state index in [4.69, 9.17) is 4.42 Å². The molecule has 5 aromatic rings. The molecule has 0 unspecified atom stereocenters. The van der Waals surface area contributed by atoms with Crippen LogP contribution in [0.3, 0.4) is 0 Å². The third-order valence-electron chi connectivity index (χ3n) is 4.39. The van der Waals surface area contributed by atoms with Crippen LogP contribution in [0.5, 0.6) is 0 Å². The number of aromatic nitrogens is 7. The van der Waals surface area contributed by atoms with Crippen LogP contribution < -0.4 is 10.9 Å². The van der Waals surface area contributed by atoms with Crippen molar-refractivity contribution in [2.45, 2.75) is 0 Å². The molecule has 0 amide bonds. The van der Waals surface area contributed by atoms with E-state index in [2.05, 4.69) is 36.3 Å². The molecule has 5 rings (SSSR count). The Bertz CT molecular complexity index is 1510. The third-order valence-corrected chi connectivity index (χ3v) is 4.39. The second kappa shape index (κ2) is 6.95. The number of aromatic amines is 1. The zero-order valence-electron chi connectivity index (χ0n) is 15.1. The molecule has 3 aromatic heterocycles. The molecule has 11 heteroatoms. The first kappa shape index (κ1) is 17.3. The number of allylic oxidation sites excluding steroid dienone is 1. The Morgan fingerprint density at radius 3 is 2.93 bits per heavy atom. The van der Waals surface area contributed by atoms with E-state index < -0.39 is 5.63 Å². The van der Waals surface area contributed by atoms with Gasteiger partial charge in [0, 0.05) is 23.3 Å². The maximum atomic E-state index is 12.6. The van der Waals surface area contributed by atoms with Crippen molar-refractivity contribution < 1.29 is 4.42 Å². The molecular formula is C19H11N9O2. The fraction of sp³-hybridized carbons (Fsp3) is 0. The number of nitriles is 1. The van der Waals surface area contributed by atoms with Gasteiger partial charge in [0.05, 0.1) is 5.52 Å². The van der Waals surface area contributed by atoms with Crippen molar-refractivity contribution in [2.75, 3.05) is 5.32 Å². The summed E-state index contributed by atoms with van der Waals surface area (Å²) in [5.41, 5.74) is 2.29. The fourth-order valence-corrected chi connectivity index (χ4v) is 2.96. The molecule has 0 atom stereocenters. The first-order valence-corrected chi connectivity index (χ1v) is 8.72. The largest absolute Gasteiger partial charge is 0.421 e. The average molecular weight is 397 g/mol. The molecule has 0 bridgehead atoms. The summed E-state index contributed by atoms with van der Waals surface area (Å²) in [4.78, 5) is 12.6. The number of rotatable bonds is 4. The number of H-pyrrole nitrogens is 1. The van der Waals surface area contributed by atoms with Gasteiger partial charge >= 0.3 is 5.63 Å². The molecule has 0 aliphatic carbocycles. The zero-order valence-corrected chi connectivity index (χ0v) is 15.1. The molecule has 3 heterocycles. The van der Waals surface area contributed by atoms with Gasteiger partial charge in [-0.1, -0.05) is 17.3 Å². The lowest BCUT2D eigenvalue weighted by molar-refractivity contribution is 0.552. The van der Waals surface area contributed by atoms with Crippen LogP contribution in [0.2, 0.25) is 0 Å². The van der Waals surface area contributed by atoms with E-state index in [9.17, 15) is 10.1 Å². The average Bonchev–Trinajstić information content (AvgIpc) is 3.44. The van der Waals surface area contributed by atoms with Crippen LogP contribution in [0.15, 0.2) is 63.9 Å². The van der Waals surface area contributed by atoms with Crippen LogP contribution in [0.4, 0.5) is 5.69 Å². The molecule has 0 saturated carbocycles. The summed E-state index contributed by atoms with van der Waals surface area (Å²) in [5.74, 6) is 0.169. The molecule has 0 radical (unpaired) electrons. The monoisotopic (exact) mass is 397 g/mol. The number of anilines is 1. The topological polar surface area (TPSA) is 151 Å². The van der Waals surface area contributed by atoms with Gasteiger partial charge in [-0.2, -0.15) is 10.5 Å². The van der Waals surface area contributed by atoms with Gasteiger partial charge < -0.3 is 9.73 Å². The lowest BCUT2D eigenvalue weighted by Crippen LogP contribution is -2.11. The van der Waals surface area contributed by atoms with E-state index in [0.29, 0.717) is 27.7 Å². The molecule has 0 saturated heterocycles. The van der Waals surface area contributed by atoms with Crippen molar-refractivity contribution in [3.8, 4) is 11.8 Å². The zero-order chi connectivity index (χ0) is 20.5. The van der Waals surface area contributed by atoms with Gasteiger partial charge in [-0.3, -0.25) is 0 Å². The third kappa shape index (κ3) is 2.94. The number of hydrogen-bond donors (Lipinski definition) is 2. The second-order valence-corrected chi connectivity index (χ2v) is 6.21. The Hall–Kier alpha value is -4.85. The normalized spacial score (nSPS) is 11.6. The van der Waals surface area contributed by atoms with Gasteiger partial charge in [0.15, 0.2) is 5.69 Å². The predicted molar refractivity (Wildman–Crippen MR) is 106 cm³/mol. The van der Waals surface area contributed by atoms with E-state index in [1.54, 1.807) is 24.3 Å². The number of fused-ring (bicyclic) bond motifs is 2. The number of tetrazole rings is 1. The number of benzene rings is 2. The first-order valence-electron chi connectivity index (χ1n) is 8.72. The summed E-state index contributed by atoms with van der Waals surface area (Å²) >= 11 is 0. The van der Waals surface area contributed by atoms with Gasteiger partial charge in [-0.05, 0) is 35.5 Å². The summed E-state index contributed by atoms with van der Waals surface area (Å²) < 4.78 is 6.96. The highest BCUT2D eigenvalue weighted by Gasteiger charge is 2.13. The van der Waals surface area contributed by atoms with Crippen molar-refractivity contribution in [1.82, 2.24) is 35.6 Å². The molecule has 0 spiro atoms. The molecule has 0 fully saturated rings. The van der Waals surface area contributed by atoms with Crippen LogP contribution in [-0.2, 0) is 0 Å². The highest BCUT2D eigenvalue weighted by molar-refractivity contribution is 5.84. The Kier molecular flexibility index (Phi) is 4.00. The van der Waals surface area contributed by atoms with Crippen LogP contribution in [0.25, 0.3) is 33.3 Å². The van der Waals surface area contributed by atoms with Crippen LogP contribution >= 0.6 is 0 Å². The number of nitrogens with zero attached hydrogens (tertiary/aromatic N) is 7. The second-order valence-electron chi connectivity index (χ2n) is 6.21. The summed E-state index contributed by atoms with van der Waals surface area (Å²) in [5, 5.41) is 34.3. The van der Waals surface area contributed by atoms with Gasteiger partial charge in [0.2, 0.25) is 5.82 Å². The SMILES string of the molecule is N#CC(=CNc1ccc2cc(-n3nnc4ccccc43)c(=O)oc2c1)c1nn[nH]n1. The summed E-state index contributed by atoms with van der Waals surface area (Å²) in [7, 11) is 0. The minimum atomic E-state index is -0.546. The number of nitrogens with one attached hydrogen (secondary N) is 2. The van der Waals surface area contributed by atoms with Gasteiger partial charge in [0.1, 0.15) is 22.7 Å². The molecule has 11 nitrogen and oxygen atoms in total. The smallest absolute Gasteiger partial charge is 0.362 e. The van der Waals surface area contributed by atoms with Crippen molar-refractivity contribution in [3.63, 3.8) is 0 Å². The van der Waals surface area contributed by atoms with E-state index in [1.165, 1.54) is 10.9 Å². The molecular weight excluding hydrogens is 386 g/mol. The Morgan fingerprint density at radius 1 is 1.20 bits per heavy atom. The summed E-state index contributed by atoms with van der Waals surface area (Å²) in [6.45, 7) is 0. The van der Waals surface area contributed by atoms with Gasteiger partial charge in [0.25, 0.3) is 0 Å². The fourth-order valence-electron chi connectivity index (χ4n) is 2.96. The Morgan fingerprint density at radius 2 is 2.10 bits per heavy atom. The van der Waals surface area contributed by atoms with E-state index in [0.717, 1.165) is 0 Å². The van der Waals surface area contributed by atoms with Crippen LogP contribution in [0.1, 0.15) is 5.82 Å². The quantitative estimate of drug-likeness (QED) is 0.343.